The van der Waals surface area contributed by atoms with E-state index in [0.717, 1.165) is 35.3 Å². The van der Waals surface area contributed by atoms with Crippen LogP contribution in [-0.4, -0.2) is 32.3 Å². The number of alkyl halides is 3. The lowest BCUT2D eigenvalue weighted by Gasteiger charge is -2.26. The Labute approximate surface area is 170 Å². The van der Waals surface area contributed by atoms with Gasteiger partial charge in [0.1, 0.15) is 18.1 Å². The molecular formula is C21H21F3N4O2. The molecule has 0 N–H and O–H groups in total. The molecule has 3 aromatic rings. The van der Waals surface area contributed by atoms with Crippen molar-refractivity contribution in [2.75, 3.05) is 6.54 Å². The number of halogens is 3. The van der Waals surface area contributed by atoms with E-state index in [1.165, 1.54) is 6.07 Å². The van der Waals surface area contributed by atoms with Gasteiger partial charge in [0, 0.05) is 18.5 Å². The largest absolute Gasteiger partial charge is 0.406 e. The number of para-hydroxylation sites is 1. The summed E-state index contributed by atoms with van der Waals surface area (Å²) in [7, 11) is 0. The third-order valence-corrected chi connectivity index (χ3v) is 5.81. The van der Waals surface area contributed by atoms with Crippen molar-refractivity contribution in [2.24, 2.45) is 0 Å². The molecule has 1 aliphatic heterocycles. The molecule has 1 aromatic carbocycles. The van der Waals surface area contributed by atoms with Crippen LogP contribution in [0.4, 0.5) is 13.2 Å². The molecule has 0 amide bonds. The van der Waals surface area contributed by atoms with Crippen molar-refractivity contribution in [2.45, 2.75) is 56.9 Å². The molecule has 30 heavy (non-hydrogen) atoms. The van der Waals surface area contributed by atoms with Gasteiger partial charge in [-0.15, -0.1) is 0 Å². The van der Waals surface area contributed by atoms with Crippen molar-refractivity contribution < 1.29 is 17.7 Å². The molecule has 1 aliphatic carbocycles. The van der Waals surface area contributed by atoms with Gasteiger partial charge in [0.05, 0.1) is 22.6 Å². The highest BCUT2D eigenvalue weighted by molar-refractivity contribution is 5.77. The molecule has 1 saturated carbocycles. The number of fused-ring (bicyclic) bond motifs is 1. The molecule has 0 spiro atoms. The van der Waals surface area contributed by atoms with Crippen LogP contribution in [0.2, 0.25) is 0 Å². The Balaban J connectivity index is 1.52. The van der Waals surface area contributed by atoms with Crippen molar-refractivity contribution >= 4 is 10.9 Å². The Kier molecular flexibility index (Phi) is 4.65. The quantitative estimate of drug-likeness (QED) is 0.623. The molecule has 5 rings (SSSR count). The summed E-state index contributed by atoms with van der Waals surface area (Å²) in [5.41, 5.74) is 0.520. The lowest BCUT2D eigenvalue weighted by atomic mass is 10.1. The number of hydrogen-bond donors (Lipinski definition) is 0. The number of nitrogens with zero attached hydrogens (tertiary/aromatic N) is 4. The molecule has 3 heterocycles. The summed E-state index contributed by atoms with van der Waals surface area (Å²) >= 11 is 0. The molecule has 2 aromatic heterocycles. The molecule has 1 saturated heterocycles. The van der Waals surface area contributed by atoms with E-state index in [4.69, 9.17) is 4.52 Å². The molecule has 158 valence electrons. The van der Waals surface area contributed by atoms with Crippen LogP contribution in [0.25, 0.3) is 10.9 Å². The summed E-state index contributed by atoms with van der Waals surface area (Å²) in [5, 5.41) is 4.33. The van der Waals surface area contributed by atoms with Gasteiger partial charge >= 0.3 is 6.18 Å². The van der Waals surface area contributed by atoms with Gasteiger partial charge in [-0.3, -0.25) is 14.3 Å². The summed E-state index contributed by atoms with van der Waals surface area (Å²) < 4.78 is 46.1. The van der Waals surface area contributed by atoms with Gasteiger partial charge in [-0.1, -0.05) is 17.3 Å². The predicted molar refractivity (Wildman–Crippen MR) is 103 cm³/mol. The van der Waals surface area contributed by atoms with Crippen LogP contribution in [0.15, 0.2) is 39.6 Å². The first-order chi connectivity index (χ1) is 14.4. The first-order valence-corrected chi connectivity index (χ1v) is 10.1. The summed E-state index contributed by atoms with van der Waals surface area (Å²) in [5.74, 6) is 1.48. The minimum atomic E-state index is -4.52. The van der Waals surface area contributed by atoms with Crippen molar-refractivity contribution in [3.63, 3.8) is 0 Å². The van der Waals surface area contributed by atoms with E-state index in [1.807, 2.05) is 11.0 Å². The summed E-state index contributed by atoms with van der Waals surface area (Å²) in [6.45, 7) is -0.195. The highest BCUT2D eigenvalue weighted by atomic mass is 19.4. The van der Waals surface area contributed by atoms with Crippen LogP contribution >= 0.6 is 0 Å². The maximum Gasteiger partial charge on any atom is 0.406 e. The van der Waals surface area contributed by atoms with E-state index in [9.17, 15) is 18.0 Å². The van der Waals surface area contributed by atoms with E-state index in [0.29, 0.717) is 30.9 Å². The molecule has 0 bridgehead atoms. The van der Waals surface area contributed by atoms with Gasteiger partial charge < -0.3 is 4.52 Å². The van der Waals surface area contributed by atoms with E-state index >= 15 is 0 Å². The van der Waals surface area contributed by atoms with Gasteiger partial charge in [0.15, 0.2) is 0 Å². The SMILES string of the molecule is O=c1c2ccccc2nc(C2CCCN2Cc2cc(C3CC3)on2)n1CC(F)(F)F. The van der Waals surface area contributed by atoms with Crippen LogP contribution in [0.1, 0.15) is 54.9 Å². The Hall–Kier alpha value is -2.68. The van der Waals surface area contributed by atoms with Gasteiger partial charge in [0.2, 0.25) is 0 Å². The van der Waals surface area contributed by atoms with E-state index in [-0.39, 0.29) is 17.3 Å². The second-order valence-electron chi connectivity index (χ2n) is 8.12. The lowest BCUT2D eigenvalue weighted by molar-refractivity contribution is -0.142. The van der Waals surface area contributed by atoms with Gasteiger partial charge in [0.25, 0.3) is 5.56 Å². The summed E-state index contributed by atoms with van der Waals surface area (Å²) in [6, 6.07) is 8.09. The second-order valence-corrected chi connectivity index (χ2v) is 8.12. The Morgan fingerprint density at radius 1 is 1.17 bits per heavy atom. The summed E-state index contributed by atoms with van der Waals surface area (Å²) in [4.78, 5) is 19.5. The van der Waals surface area contributed by atoms with Gasteiger partial charge in [-0.05, 0) is 44.4 Å². The van der Waals surface area contributed by atoms with Crippen LogP contribution in [0.3, 0.4) is 0 Å². The third kappa shape index (κ3) is 3.74. The average Bonchev–Trinajstić information content (AvgIpc) is 3.28. The lowest BCUT2D eigenvalue weighted by Crippen LogP contribution is -2.35. The molecule has 2 aliphatic rings. The zero-order chi connectivity index (χ0) is 20.9. The maximum absolute atomic E-state index is 13.3. The minimum absolute atomic E-state index is 0.166. The van der Waals surface area contributed by atoms with Crippen molar-refractivity contribution in [3.05, 3.63) is 58.0 Å². The van der Waals surface area contributed by atoms with Crippen LogP contribution in [0, 0.1) is 0 Å². The smallest absolute Gasteiger partial charge is 0.361 e. The van der Waals surface area contributed by atoms with Gasteiger partial charge in [-0.25, -0.2) is 4.98 Å². The first kappa shape index (κ1) is 19.3. The average molecular weight is 418 g/mol. The zero-order valence-electron chi connectivity index (χ0n) is 16.2. The summed E-state index contributed by atoms with van der Waals surface area (Å²) in [6.07, 6.45) is -0.864. The third-order valence-electron chi connectivity index (χ3n) is 5.81. The Morgan fingerprint density at radius 3 is 2.73 bits per heavy atom. The Bertz CT molecular complexity index is 1130. The number of rotatable bonds is 5. The number of hydrogen-bond acceptors (Lipinski definition) is 5. The molecule has 6 nitrogen and oxygen atoms in total. The van der Waals surface area contributed by atoms with Crippen molar-refractivity contribution in [1.29, 1.82) is 0 Å². The first-order valence-electron chi connectivity index (χ1n) is 10.1. The maximum atomic E-state index is 13.3. The number of likely N-dealkylation sites (tertiary alicyclic amines) is 1. The van der Waals surface area contributed by atoms with E-state index < -0.39 is 18.3 Å². The van der Waals surface area contributed by atoms with Crippen molar-refractivity contribution in [3.8, 4) is 0 Å². The topological polar surface area (TPSA) is 64.2 Å². The molecule has 0 radical (unpaired) electrons. The normalized spacial score (nSPS) is 20.3. The van der Waals surface area contributed by atoms with E-state index in [2.05, 4.69) is 10.1 Å². The van der Waals surface area contributed by atoms with Crippen LogP contribution < -0.4 is 5.56 Å². The number of benzene rings is 1. The standard InChI is InChI=1S/C21H21F3N4O2/c22-21(23,24)12-28-19(25-16-5-2-1-4-15(16)20(28)29)17-6-3-9-27(17)11-14-10-18(30-26-14)13-7-8-13/h1-2,4-5,10,13,17H,3,6-9,11-12H2. The minimum Gasteiger partial charge on any atom is -0.361 e. The molecule has 2 fully saturated rings. The van der Waals surface area contributed by atoms with E-state index in [1.54, 1.807) is 18.2 Å². The predicted octanol–water partition coefficient (Wildman–Crippen LogP) is 4.16. The van der Waals surface area contributed by atoms with Gasteiger partial charge in [-0.2, -0.15) is 13.2 Å². The molecule has 1 unspecified atom stereocenters. The Morgan fingerprint density at radius 2 is 1.97 bits per heavy atom. The highest BCUT2D eigenvalue weighted by Crippen LogP contribution is 2.40. The van der Waals surface area contributed by atoms with Crippen molar-refractivity contribution in [1.82, 2.24) is 19.6 Å². The fourth-order valence-electron chi connectivity index (χ4n) is 4.25. The fourth-order valence-corrected chi connectivity index (χ4v) is 4.25. The molecule has 9 heteroatoms. The fraction of sp³-hybridized carbons (Fsp3) is 0.476. The second kappa shape index (κ2) is 7.23. The number of aromatic nitrogens is 3. The molecular weight excluding hydrogens is 397 g/mol. The molecule has 1 atom stereocenters. The van der Waals surface area contributed by atoms with Crippen LogP contribution in [0.5, 0.6) is 0 Å². The monoisotopic (exact) mass is 418 g/mol. The van der Waals surface area contributed by atoms with Crippen LogP contribution in [-0.2, 0) is 13.1 Å². The zero-order valence-corrected chi connectivity index (χ0v) is 16.2. The highest BCUT2D eigenvalue weighted by Gasteiger charge is 2.36.